The number of hydrogen-bond acceptors (Lipinski definition) is 7. The number of carbonyl (C=O) groups excluding carboxylic acids is 1. The number of oxazole rings is 1. The lowest BCUT2D eigenvalue weighted by molar-refractivity contribution is -0.189. The van der Waals surface area contributed by atoms with Gasteiger partial charge < -0.3 is 19.4 Å². The number of aromatic nitrogens is 2. The van der Waals surface area contributed by atoms with Gasteiger partial charge in [0.05, 0.1) is 18.3 Å². The van der Waals surface area contributed by atoms with Crippen LogP contribution >= 0.6 is 11.3 Å². The number of thiazole rings is 1. The Labute approximate surface area is 207 Å². The van der Waals surface area contributed by atoms with Crippen molar-refractivity contribution in [2.45, 2.75) is 83.5 Å². The number of ether oxygens (including phenoxy) is 1. The van der Waals surface area contributed by atoms with Crippen molar-refractivity contribution in [1.29, 1.82) is 0 Å². The van der Waals surface area contributed by atoms with Crippen molar-refractivity contribution in [2.24, 2.45) is 5.92 Å². The molecule has 1 amide bonds. The molecule has 2 aromatic heterocycles. The Morgan fingerprint density at radius 3 is 2.71 bits per heavy atom. The molecule has 0 radical (unpaired) electrons. The highest BCUT2D eigenvalue weighted by molar-refractivity contribution is 7.13. The van der Waals surface area contributed by atoms with Gasteiger partial charge in [-0.2, -0.15) is 13.2 Å². The molecule has 1 aliphatic carbocycles. The lowest BCUT2D eigenvalue weighted by Crippen LogP contribution is -2.39. The molecule has 2 aliphatic rings. The van der Waals surface area contributed by atoms with Crippen molar-refractivity contribution < 1.29 is 27.1 Å². The number of hydrogen-bond donors (Lipinski definition) is 1. The number of fused-ring (bicyclic) bond motifs is 1. The molecule has 0 saturated heterocycles. The zero-order chi connectivity index (χ0) is 25.0. The summed E-state index contributed by atoms with van der Waals surface area (Å²) in [6.07, 6.45) is 2.43. The molecule has 35 heavy (non-hydrogen) atoms. The Kier molecular flexibility index (Phi) is 8.36. The fraction of sp³-hybridized carbons (Fsp3) is 0.708. The van der Waals surface area contributed by atoms with Crippen LogP contribution in [-0.2, 0) is 24.1 Å². The molecule has 3 heterocycles. The second kappa shape index (κ2) is 11.3. The molecule has 1 fully saturated rings. The van der Waals surface area contributed by atoms with Crippen LogP contribution in [-0.4, -0.2) is 58.7 Å². The van der Waals surface area contributed by atoms with Gasteiger partial charge in [0.15, 0.2) is 12.0 Å². The third-order valence-electron chi connectivity index (χ3n) is 6.89. The molecule has 1 atom stereocenters. The van der Waals surface area contributed by atoms with Crippen LogP contribution in [0, 0.1) is 12.8 Å². The molecule has 194 valence electrons. The molecule has 4 rings (SSSR count). The van der Waals surface area contributed by atoms with Gasteiger partial charge in [-0.1, -0.05) is 11.3 Å². The summed E-state index contributed by atoms with van der Waals surface area (Å²) in [6, 6.07) is 0.222. The van der Waals surface area contributed by atoms with E-state index in [0.29, 0.717) is 17.6 Å². The molecular formula is C24H33F3N4O3S. The summed E-state index contributed by atoms with van der Waals surface area (Å²) in [4.78, 5) is 24.1. The number of rotatable bonds is 8. The summed E-state index contributed by atoms with van der Waals surface area (Å²) in [6.45, 7) is 5.52. The summed E-state index contributed by atoms with van der Waals surface area (Å²) in [5, 5.41) is 3.25. The maximum absolute atomic E-state index is 12.8. The highest BCUT2D eigenvalue weighted by Crippen LogP contribution is 2.32. The van der Waals surface area contributed by atoms with Gasteiger partial charge in [-0.3, -0.25) is 4.79 Å². The number of aryl methyl sites for hydroxylation is 1. The number of alkyl halides is 3. The topological polar surface area (TPSA) is 80.5 Å². The van der Waals surface area contributed by atoms with E-state index in [0.717, 1.165) is 82.1 Å². The van der Waals surface area contributed by atoms with Crippen LogP contribution in [0.15, 0.2) is 10.6 Å². The van der Waals surface area contributed by atoms with Crippen molar-refractivity contribution >= 4 is 17.2 Å². The Bertz CT molecular complexity index is 960. The van der Waals surface area contributed by atoms with Gasteiger partial charge in [0.2, 0.25) is 5.91 Å². The average molecular weight is 515 g/mol. The van der Waals surface area contributed by atoms with E-state index in [4.69, 9.17) is 9.15 Å². The second-order valence-corrected chi connectivity index (χ2v) is 10.6. The molecule has 1 saturated carbocycles. The molecule has 1 N–H and O–H groups in total. The van der Waals surface area contributed by atoms with Crippen molar-refractivity contribution in [3.63, 3.8) is 0 Å². The van der Waals surface area contributed by atoms with Crippen LogP contribution in [0.5, 0.6) is 5.19 Å². The molecule has 2 aromatic rings. The van der Waals surface area contributed by atoms with Crippen molar-refractivity contribution in [3.8, 4) is 5.19 Å². The average Bonchev–Trinajstić information content (AvgIpc) is 3.33. The smallest absolute Gasteiger partial charge is 0.425 e. The first-order valence-corrected chi connectivity index (χ1v) is 13.1. The molecule has 0 aromatic carbocycles. The highest BCUT2D eigenvalue weighted by atomic mass is 32.1. The summed E-state index contributed by atoms with van der Waals surface area (Å²) in [7, 11) is 0. The third kappa shape index (κ3) is 7.42. The van der Waals surface area contributed by atoms with Gasteiger partial charge in [-0.15, -0.1) is 0 Å². The van der Waals surface area contributed by atoms with Crippen LogP contribution in [0.1, 0.15) is 61.2 Å². The number of nitrogens with zero attached hydrogens (tertiary/aromatic N) is 3. The van der Waals surface area contributed by atoms with Crippen LogP contribution in [0.4, 0.5) is 13.2 Å². The van der Waals surface area contributed by atoms with Gasteiger partial charge in [0.25, 0.3) is 5.19 Å². The van der Waals surface area contributed by atoms with E-state index in [1.165, 1.54) is 11.3 Å². The van der Waals surface area contributed by atoms with E-state index >= 15 is 0 Å². The van der Waals surface area contributed by atoms with E-state index in [-0.39, 0.29) is 23.6 Å². The van der Waals surface area contributed by atoms with Crippen LogP contribution in [0.2, 0.25) is 0 Å². The van der Waals surface area contributed by atoms with Crippen molar-refractivity contribution in [1.82, 2.24) is 20.2 Å². The predicted octanol–water partition coefficient (Wildman–Crippen LogP) is 4.48. The van der Waals surface area contributed by atoms with E-state index in [1.54, 1.807) is 13.1 Å². The number of halogens is 3. The standard InChI is InChI=1S/C24H33F3N4O3S/c1-15(24(25,26)27)33-23-30-20-8-11-31(12-9-21(20)35-23)10-7-17-3-5-18(6-4-17)29-22(32)13-19-14-28-16(2)34-19/h14-15,17-18H,3-13H2,1-2H3,(H,29,32). The summed E-state index contributed by atoms with van der Waals surface area (Å²) in [5.41, 5.74) is 0.874. The van der Waals surface area contributed by atoms with E-state index in [9.17, 15) is 18.0 Å². The first-order valence-electron chi connectivity index (χ1n) is 12.3. The van der Waals surface area contributed by atoms with E-state index < -0.39 is 12.3 Å². The van der Waals surface area contributed by atoms with Gasteiger partial charge in [-0.05, 0) is 57.9 Å². The third-order valence-corrected chi connectivity index (χ3v) is 7.93. The number of amides is 1. The normalized spacial score (nSPS) is 22.3. The molecule has 1 aliphatic heterocycles. The van der Waals surface area contributed by atoms with Crippen molar-refractivity contribution in [2.75, 3.05) is 19.6 Å². The molecule has 0 bridgehead atoms. The monoisotopic (exact) mass is 514 g/mol. The van der Waals surface area contributed by atoms with Gasteiger partial charge in [-0.25, -0.2) is 9.97 Å². The Morgan fingerprint density at radius 1 is 1.29 bits per heavy atom. The SMILES string of the molecule is Cc1ncc(CC(=O)NC2CCC(CCN3CCc4nc(OC(C)C(F)(F)F)sc4CC3)CC2)o1. The minimum atomic E-state index is -4.39. The first-order chi connectivity index (χ1) is 16.7. The van der Waals surface area contributed by atoms with E-state index in [1.807, 2.05) is 0 Å². The zero-order valence-electron chi connectivity index (χ0n) is 20.2. The molecular weight excluding hydrogens is 481 g/mol. The van der Waals surface area contributed by atoms with Gasteiger partial charge in [0, 0.05) is 37.4 Å². The zero-order valence-corrected chi connectivity index (χ0v) is 21.0. The summed E-state index contributed by atoms with van der Waals surface area (Å²) in [5.74, 6) is 1.80. The quantitative estimate of drug-likeness (QED) is 0.560. The van der Waals surface area contributed by atoms with Gasteiger partial charge in [0.1, 0.15) is 5.76 Å². The molecule has 11 heteroatoms. The lowest BCUT2D eigenvalue weighted by Gasteiger charge is -2.30. The van der Waals surface area contributed by atoms with Crippen molar-refractivity contribution in [3.05, 3.63) is 28.4 Å². The number of nitrogens with one attached hydrogen (secondary N) is 1. The molecule has 1 unspecified atom stereocenters. The van der Waals surface area contributed by atoms with Gasteiger partial charge >= 0.3 is 6.18 Å². The lowest BCUT2D eigenvalue weighted by atomic mass is 9.84. The minimum Gasteiger partial charge on any atom is -0.457 e. The largest absolute Gasteiger partial charge is 0.457 e. The second-order valence-electron chi connectivity index (χ2n) is 9.59. The molecule has 7 nitrogen and oxygen atoms in total. The fourth-order valence-corrected chi connectivity index (χ4v) is 5.78. The molecule has 0 spiro atoms. The van der Waals surface area contributed by atoms with Crippen LogP contribution < -0.4 is 10.1 Å². The fourth-order valence-electron chi connectivity index (χ4n) is 4.76. The van der Waals surface area contributed by atoms with E-state index in [2.05, 4.69) is 20.2 Å². The highest BCUT2D eigenvalue weighted by Gasteiger charge is 2.39. The Morgan fingerprint density at radius 2 is 2.03 bits per heavy atom. The minimum absolute atomic E-state index is 0.0170. The first kappa shape index (κ1) is 25.9. The maximum Gasteiger partial charge on any atom is 0.425 e. The summed E-state index contributed by atoms with van der Waals surface area (Å²) < 4.78 is 48.7. The number of carbonyl (C=O) groups is 1. The Hall–Kier alpha value is -2.14. The predicted molar refractivity (Wildman–Crippen MR) is 126 cm³/mol. The Balaban J connectivity index is 1.14. The van der Waals surface area contributed by atoms with Crippen LogP contribution in [0.3, 0.4) is 0 Å². The maximum atomic E-state index is 12.8. The summed E-state index contributed by atoms with van der Waals surface area (Å²) >= 11 is 1.24. The van der Waals surface area contributed by atoms with Crippen LogP contribution in [0.25, 0.3) is 0 Å².